The number of anilines is 1. The van der Waals surface area contributed by atoms with Crippen LogP contribution >= 0.6 is 0 Å². The third kappa shape index (κ3) is 2.42. The molecule has 2 aromatic rings. The summed E-state index contributed by atoms with van der Waals surface area (Å²) < 4.78 is 13.3. The van der Waals surface area contributed by atoms with Crippen LogP contribution in [0.2, 0.25) is 0 Å². The third-order valence-corrected chi connectivity index (χ3v) is 2.28. The van der Waals surface area contributed by atoms with Crippen molar-refractivity contribution in [1.82, 2.24) is 0 Å². The Morgan fingerprint density at radius 1 is 1.35 bits per heavy atom. The van der Waals surface area contributed by atoms with Crippen molar-refractivity contribution < 1.29 is 14.3 Å². The number of amides is 1. The lowest BCUT2D eigenvalue weighted by Crippen LogP contribution is -1.95. The predicted octanol–water partition coefficient (Wildman–Crippen LogP) is 2.57. The number of rotatable bonds is 3. The second kappa shape index (κ2) is 4.65. The zero-order valence-corrected chi connectivity index (χ0v) is 8.77. The number of carbonyl (C=O) groups excluding carboxylic acids is 1. The van der Waals surface area contributed by atoms with Crippen LogP contribution in [0.3, 0.4) is 0 Å². The fraction of sp³-hybridized carbons (Fsp3) is 0. The summed E-state index contributed by atoms with van der Waals surface area (Å²) >= 11 is 0. The number of phenolic OH excluding ortho intramolecular Hbond substituents is 1. The number of carbonyl (C=O) groups is 1. The lowest BCUT2D eigenvalue weighted by atomic mass is 10.0. The van der Waals surface area contributed by atoms with Crippen molar-refractivity contribution in [3.05, 3.63) is 48.3 Å². The van der Waals surface area contributed by atoms with Crippen molar-refractivity contribution in [2.75, 3.05) is 5.32 Å². The quantitative estimate of drug-likeness (QED) is 0.796. The monoisotopic (exact) mass is 230 g/mol. The van der Waals surface area contributed by atoms with E-state index in [9.17, 15) is 14.3 Å². The second-order valence-electron chi connectivity index (χ2n) is 3.43. The first-order valence-corrected chi connectivity index (χ1v) is 4.91. The van der Waals surface area contributed by atoms with Gasteiger partial charge in [0.1, 0.15) is 11.6 Å². The maximum Gasteiger partial charge on any atom is 0.211 e. The number of hydrogen-bond donors (Lipinski definition) is 2. The van der Waals surface area contributed by atoms with E-state index in [1.807, 2.05) is 0 Å². The van der Waals surface area contributed by atoms with Gasteiger partial charge in [0.25, 0.3) is 0 Å². The minimum absolute atomic E-state index is 0.00940. The van der Waals surface area contributed by atoms with Gasteiger partial charge in [0.2, 0.25) is 6.41 Å². The number of nitrogens with one attached hydrogen (secondary N) is 1. The van der Waals surface area contributed by atoms with E-state index in [-0.39, 0.29) is 5.75 Å². The predicted molar refractivity (Wildman–Crippen MR) is 62.0 cm³/mol. The van der Waals surface area contributed by atoms with Gasteiger partial charge in [-0.2, -0.15) is 0 Å². The maximum atomic E-state index is 13.3. The molecule has 85 valence electrons. The highest BCUT2D eigenvalue weighted by Crippen LogP contribution is 2.30. The van der Waals surface area contributed by atoms with E-state index in [1.165, 1.54) is 18.2 Å². The molecule has 0 aromatic heterocycles. The number of benzene rings is 2. The van der Waals surface area contributed by atoms with Crippen molar-refractivity contribution in [3.63, 3.8) is 0 Å². The summed E-state index contributed by atoms with van der Waals surface area (Å²) in [6.07, 6.45) is 0.469. The third-order valence-electron chi connectivity index (χ3n) is 2.28. The molecule has 2 aromatic carbocycles. The molecule has 0 bridgehead atoms. The molecule has 0 spiro atoms. The van der Waals surface area contributed by atoms with Crippen LogP contribution in [0.5, 0.6) is 5.75 Å². The van der Waals surface area contributed by atoms with E-state index in [0.29, 0.717) is 23.2 Å². The van der Waals surface area contributed by atoms with Gasteiger partial charge in [-0.05, 0) is 35.9 Å². The van der Waals surface area contributed by atoms with Gasteiger partial charge < -0.3 is 10.4 Å². The molecule has 0 saturated heterocycles. The average Bonchev–Trinajstić information content (AvgIpc) is 2.29. The summed E-state index contributed by atoms with van der Waals surface area (Å²) in [6.45, 7) is 0. The Kier molecular flexibility index (Phi) is 3.05. The SMILES string of the molecule is O=CNc1cc(F)cc(-c2cc[c]cc2O)c1. The summed E-state index contributed by atoms with van der Waals surface area (Å²) in [4.78, 5) is 10.3. The molecule has 0 aliphatic heterocycles. The van der Waals surface area contributed by atoms with Crippen LogP contribution in [0.1, 0.15) is 0 Å². The average molecular weight is 230 g/mol. The van der Waals surface area contributed by atoms with Crippen LogP contribution < -0.4 is 5.32 Å². The Morgan fingerprint density at radius 2 is 2.18 bits per heavy atom. The number of phenols is 1. The van der Waals surface area contributed by atoms with Crippen molar-refractivity contribution in [2.45, 2.75) is 0 Å². The second-order valence-corrected chi connectivity index (χ2v) is 3.43. The lowest BCUT2D eigenvalue weighted by molar-refractivity contribution is -0.105. The molecule has 2 rings (SSSR count). The molecule has 3 nitrogen and oxygen atoms in total. The smallest absolute Gasteiger partial charge is 0.211 e. The van der Waals surface area contributed by atoms with E-state index in [2.05, 4.69) is 11.4 Å². The summed E-state index contributed by atoms with van der Waals surface area (Å²) in [5.74, 6) is -0.478. The first-order valence-electron chi connectivity index (χ1n) is 4.91. The Balaban J connectivity index is 2.52. The summed E-state index contributed by atoms with van der Waals surface area (Å²) in [7, 11) is 0. The van der Waals surface area contributed by atoms with Gasteiger partial charge in [0.05, 0.1) is 0 Å². The van der Waals surface area contributed by atoms with Gasteiger partial charge in [-0.3, -0.25) is 4.79 Å². The molecule has 0 unspecified atom stereocenters. The van der Waals surface area contributed by atoms with Crippen molar-refractivity contribution in [3.8, 4) is 16.9 Å². The van der Waals surface area contributed by atoms with Gasteiger partial charge >= 0.3 is 0 Å². The molecule has 1 radical (unpaired) electrons. The van der Waals surface area contributed by atoms with Gasteiger partial charge in [-0.25, -0.2) is 4.39 Å². The molecule has 0 aliphatic carbocycles. The topological polar surface area (TPSA) is 49.3 Å². The zero-order valence-electron chi connectivity index (χ0n) is 8.77. The van der Waals surface area contributed by atoms with Crippen LogP contribution in [0.25, 0.3) is 11.1 Å². The van der Waals surface area contributed by atoms with Crippen LogP contribution in [0.4, 0.5) is 10.1 Å². The highest BCUT2D eigenvalue weighted by Gasteiger charge is 2.06. The molecule has 2 N–H and O–H groups in total. The van der Waals surface area contributed by atoms with Crippen molar-refractivity contribution in [1.29, 1.82) is 0 Å². The number of hydrogen-bond acceptors (Lipinski definition) is 2. The van der Waals surface area contributed by atoms with Crippen LogP contribution in [0, 0.1) is 11.9 Å². The fourth-order valence-electron chi connectivity index (χ4n) is 1.56. The number of halogens is 1. The first-order chi connectivity index (χ1) is 8.20. The van der Waals surface area contributed by atoms with E-state index in [0.717, 1.165) is 0 Å². The van der Waals surface area contributed by atoms with E-state index in [4.69, 9.17) is 0 Å². The molecular weight excluding hydrogens is 221 g/mol. The minimum atomic E-state index is -0.487. The summed E-state index contributed by atoms with van der Waals surface area (Å²) in [5, 5.41) is 12.0. The summed E-state index contributed by atoms with van der Waals surface area (Å²) in [6, 6.07) is 11.4. The maximum absolute atomic E-state index is 13.3. The molecule has 0 saturated carbocycles. The highest BCUT2D eigenvalue weighted by atomic mass is 19.1. The molecule has 0 heterocycles. The molecule has 0 atom stereocenters. The van der Waals surface area contributed by atoms with Crippen LogP contribution in [-0.4, -0.2) is 11.5 Å². The Hall–Kier alpha value is -2.36. The van der Waals surface area contributed by atoms with Crippen LogP contribution in [-0.2, 0) is 4.79 Å². The molecule has 0 fully saturated rings. The summed E-state index contributed by atoms with van der Waals surface area (Å²) in [5.41, 5.74) is 1.31. The molecular formula is C13H9FNO2. The Morgan fingerprint density at radius 3 is 2.88 bits per heavy atom. The highest BCUT2D eigenvalue weighted by molar-refractivity contribution is 5.78. The van der Waals surface area contributed by atoms with Gasteiger partial charge in [-0.15, -0.1) is 0 Å². The van der Waals surface area contributed by atoms with E-state index < -0.39 is 5.82 Å². The van der Waals surface area contributed by atoms with Crippen molar-refractivity contribution >= 4 is 12.1 Å². The fourth-order valence-corrected chi connectivity index (χ4v) is 1.56. The lowest BCUT2D eigenvalue weighted by Gasteiger charge is -2.07. The van der Waals surface area contributed by atoms with Gasteiger partial charge in [0.15, 0.2) is 0 Å². The van der Waals surface area contributed by atoms with Crippen LogP contribution in [0.15, 0.2) is 36.4 Å². The van der Waals surface area contributed by atoms with Crippen molar-refractivity contribution in [2.24, 2.45) is 0 Å². The van der Waals surface area contributed by atoms with Gasteiger partial charge in [-0.1, -0.05) is 12.1 Å². The standard InChI is InChI=1S/C13H9FNO2/c14-10-5-9(6-11(7-10)15-8-16)12-3-1-2-4-13(12)17/h1,3-8,17H,(H,15,16). The molecule has 0 aliphatic rings. The largest absolute Gasteiger partial charge is 0.507 e. The minimum Gasteiger partial charge on any atom is -0.507 e. The molecule has 17 heavy (non-hydrogen) atoms. The zero-order chi connectivity index (χ0) is 12.3. The molecule has 4 heteroatoms. The van der Waals surface area contributed by atoms with E-state index in [1.54, 1.807) is 18.2 Å². The Bertz CT molecular complexity index is 555. The Labute approximate surface area is 97.5 Å². The first kappa shape index (κ1) is 11.1. The molecule has 1 amide bonds. The number of aromatic hydroxyl groups is 1. The van der Waals surface area contributed by atoms with E-state index >= 15 is 0 Å². The van der Waals surface area contributed by atoms with Gasteiger partial charge in [0, 0.05) is 11.3 Å². The normalized spacial score (nSPS) is 9.94.